The fourth-order valence-corrected chi connectivity index (χ4v) is 3.80. The van der Waals surface area contributed by atoms with Gasteiger partial charge in [0.15, 0.2) is 12.4 Å². The number of benzene rings is 2. The first kappa shape index (κ1) is 21.4. The molecule has 0 unspecified atom stereocenters. The van der Waals surface area contributed by atoms with E-state index in [-0.39, 0.29) is 23.2 Å². The SMILES string of the molecule is Cc1cc(C)c(C)c(OCC(=O)Nc2ccc(S(=O)(=O)Nc3cc(C)on3)cc2)c1. The lowest BCUT2D eigenvalue weighted by Crippen LogP contribution is -2.20. The lowest BCUT2D eigenvalue weighted by atomic mass is 10.1. The molecule has 0 fully saturated rings. The van der Waals surface area contributed by atoms with Crippen molar-refractivity contribution < 1.29 is 22.5 Å². The van der Waals surface area contributed by atoms with Gasteiger partial charge in [0.1, 0.15) is 11.5 Å². The van der Waals surface area contributed by atoms with Gasteiger partial charge in [0.05, 0.1) is 4.90 Å². The Kier molecular flexibility index (Phi) is 6.12. The minimum atomic E-state index is -3.81. The van der Waals surface area contributed by atoms with Gasteiger partial charge in [-0.05, 0) is 74.7 Å². The maximum Gasteiger partial charge on any atom is 0.263 e. The lowest BCUT2D eigenvalue weighted by Gasteiger charge is -2.12. The molecule has 0 bridgehead atoms. The number of ether oxygens (including phenoxy) is 1. The van der Waals surface area contributed by atoms with E-state index in [1.807, 2.05) is 26.8 Å². The van der Waals surface area contributed by atoms with E-state index in [9.17, 15) is 13.2 Å². The summed E-state index contributed by atoms with van der Waals surface area (Å²) in [6.07, 6.45) is 0. The first-order valence-corrected chi connectivity index (χ1v) is 10.7. The number of nitrogens with one attached hydrogen (secondary N) is 2. The third-order valence-electron chi connectivity index (χ3n) is 4.44. The molecule has 0 radical (unpaired) electrons. The lowest BCUT2D eigenvalue weighted by molar-refractivity contribution is -0.118. The second-order valence-electron chi connectivity index (χ2n) is 6.99. The van der Waals surface area contributed by atoms with Gasteiger partial charge in [-0.25, -0.2) is 8.42 Å². The standard InChI is InChI=1S/C21H23N3O5S/c1-13-9-14(2)16(4)19(10-13)28-12-21(25)22-17-5-7-18(8-6-17)30(26,27)24-20-11-15(3)29-23-20/h5-11H,12H2,1-4H3,(H,22,25)(H,23,24). The van der Waals surface area contributed by atoms with Crippen LogP contribution in [0.3, 0.4) is 0 Å². The summed E-state index contributed by atoms with van der Waals surface area (Å²) in [5, 5.41) is 6.30. The molecule has 3 aromatic rings. The van der Waals surface area contributed by atoms with Crippen LogP contribution in [0, 0.1) is 27.7 Å². The van der Waals surface area contributed by atoms with E-state index in [0.29, 0.717) is 17.2 Å². The zero-order chi connectivity index (χ0) is 21.9. The molecule has 0 saturated heterocycles. The van der Waals surface area contributed by atoms with Gasteiger partial charge in [-0.3, -0.25) is 9.52 Å². The van der Waals surface area contributed by atoms with Crippen molar-refractivity contribution in [1.29, 1.82) is 0 Å². The van der Waals surface area contributed by atoms with Crippen LogP contribution in [0.25, 0.3) is 0 Å². The van der Waals surface area contributed by atoms with Gasteiger partial charge in [-0.2, -0.15) is 0 Å². The van der Waals surface area contributed by atoms with Gasteiger partial charge in [0.25, 0.3) is 15.9 Å². The van der Waals surface area contributed by atoms with Crippen molar-refractivity contribution in [3.63, 3.8) is 0 Å². The van der Waals surface area contributed by atoms with Crippen LogP contribution in [-0.4, -0.2) is 26.1 Å². The molecular weight excluding hydrogens is 406 g/mol. The van der Waals surface area contributed by atoms with E-state index >= 15 is 0 Å². The number of sulfonamides is 1. The largest absolute Gasteiger partial charge is 0.483 e. The van der Waals surface area contributed by atoms with Crippen LogP contribution in [0.1, 0.15) is 22.5 Å². The van der Waals surface area contributed by atoms with Crippen LogP contribution >= 0.6 is 0 Å². The Bertz CT molecular complexity index is 1170. The Morgan fingerprint density at radius 3 is 2.40 bits per heavy atom. The molecule has 0 saturated carbocycles. The average Bonchev–Trinajstić information content (AvgIpc) is 3.08. The van der Waals surface area contributed by atoms with Crippen LogP contribution in [0.4, 0.5) is 11.5 Å². The smallest absolute Gasteiger partial charge is 0.263 e. The fraction of sp³-hybridized carbons (Fsp3) is 0.238. The second kappa shape index (κ2) is 8.58. The molecule has 0 aliphatic heterocycles. The summed E-state index contributed by atoms with van der Waals surface area (Å²) in [5.41, 5.74) is 3.59. The molecule has 1 heterocycles. The summed E-state index contributed by atoms with van der Waals surface area (Å²) in [5.74, 6) is 0.909. The quantitative estimate of drug-likeness (QED) is 0.592. The fourth-order valence-electron chi connectivity index (χ4n) is 2.82. The Balaban J connectivity index is 1.60. The highest BCUT2D eigenvalue weighted by molar-refractivity contribution is 7.92. The number of aromatic nitrogens is 1. The highest BCUT2D eigenvalue weighted by Crippen LogP contribution is 2.23. The molecule has 8 nitrogen and oxygen atoms in total. The minimum Gasteiger partial charge on any atom is -0.483 e. The van der Waals surface area contributed by atoms with Crippen LogP contribution in [0.15, 0.2) is 51.9 Å². The Hall–Kier alpha value is -3.33. The highest BCUT2D eigenvalue weighted by Gasteiger charge is 2.16. The van der Waals surface area contributed by atoms with Gasteiger partial charge >= 0.3 is 0 Å². The summed E-state index contributed by atoms with van der Waals surface area (Å²) in [6, 6.07) is 11.2. The van der Waals surface area contributed by atoms with E-state index in [1.165, 1.54) is 30.3 Å². The van der Waals surface area contributed by atoms with Crippen LogP contribution in [-0.2, 0) is 14.8 Å². The van der Waals surface area contributed by atoms with Crippen molar-refractivity contribution in [2.24, 2.45) is 0 Å². The summed E-state index contributed by atoms with van der Waals surface area (Å²) >= 11 is 0. The third-order valence-corrected chi connectivity index (χ3v) is 5.81. The minimum absolute atomic E-state index is 0.0308. The van der Waals surface area contributed by atoms with E-state index in [4.69, 9.17) is 9.26 Å². The van der Waals surface area contributed by atoms with Gasteiger partial charge in [0, 0.05) is 11.8 Å². The third kappa shape index (κ3) is 5.18. The Morgan fingerprint density at radius 2 is 1.77 bits per heavy atom. The Labute approximate surface area is 175 Å². The van der Waals surface area contributed by atoms with Gasteiger partial charge in [-0.1, -0.05) is 11.2 Å². The molecule has 9 heteroatoms. The van der Waals surface area contributed by atoms with Crippen molar-refractivity contribution in [2.75, 3.05) is 16.6 Å². The predicted octanol–water partition coefficient (Wildman–Crippen LogP) is 3.73. The monoisotopic (exact) mass is 429 g/mol. The first-order valence-electron chi connectivity index (χ1n) is 9.21. The zero-order valence-corrected chi connectivity index (χ0v) is 18.0. The number of carbonyl (C=O) groups is 1. The number of amides is 1. The Morgan fingerprint density at radius 1 is 1.07 bits per heavy atom. The molecule has 1 amide bonds. The maximum atomic E-state index is 12.4. The van der Waals surface area contributed by atoms with Crippen LogP contribution in [0.5, 0.6) is 5.75 Å². The number of anilines is 2. The van der Waals surface area contributed by atoms with Crippen molar-refractivity contribution in [1.82, 2.24) is 5.16 Å². The molecule has 2 aromatic carbocycles. The molecule has 0 atom stereocenters. The summed E-state index contributed by atoms with van der Waals surface area (Å²) < 4.78 is 37.6. The predicted molar refractivity (Wildman–Crippen MR) is 113 cm³/mol. The highest BCUT2D eigenvalue weighted by atomic mass is 32.2. The number of hydrogen-bond acceptors (Lipinski definition) is 6. The first-order chi connectivity index (χ1) is 14.1. The molecular formula is C21H23N3O5S. The number of rotatable bonds is 7. The number of aryl methyl sites for hydroxylation is 3. The normalized spacial score (nSPS) is 11.2. The maximum absolute atomic E-state index is 12.4. The van der Waals surface area contributed by atoms with E-state index in [1.54, 1.807) is 6.92 Å². The van der Waals surface area contributed by atoms with Gasteiger partial charge in [0.2, 0.25) is 0 Å². The summed E-state index contributed by atoms with van der Waals surface area (Å²) in [4.78, 5) is 12.2. The molecule has 30 heavy (non-hydrogen) atoms. The van der Waals surface area contributed by atoms with Crippen LogP contribution in [0.2, 0.25) is 0 Å². The van der Waals surface area contributed by atoms with Gasteiger partial charge in [-0.15, -0.1) is 0 Å². The summed E-state index contributed by atoms with van der Waals surface area (Å²) in [6.45, 7) is 7.40. The van der Waals surface area contributed by atoms with E-state index in [2.05, 4.69) is 21.3 Å². The molecule has 3 rings (SSSR count). The van der Waals surface area contributed by atoms with Gasteiger partial charge < -0.3 is 14.6 Å². The zero-order valence-electron chi connectivity index (χ0n) is 17.1. The van der Waals surface area contributed by atoms with E-state index < -0.39 is 10.0 Å². The van der Waals surface area contributed by atoms with Crippen LogP contribution < -0.4 is 14.8 Å². The van der Waals surface area contributed by atoms with Crippen molar-refractivity contribution in [3.8, 4) is 5.75 Å². The molecule has 0 spiro atoms. The number of nitrogens with zero attached hydrogens (tertiary/aromatic N) is 1. The summed E-state index contributed by atoms with van der Waals surface area (Å²) in [7, 11) is -3.81. The second-order valence-corrected chi connectivity index (χ2v) is 8.68. The molecule has 1 aromatic heterocycles. The van der Waals surface area contributed by atoms with Crippen molar-refractivity contribution in [2.45, 2.75) is 32.6 Å². The van der Waals surface area contributed by atoms with Crippen molar-refractivity contribution in [3.05, 3.63) is 64.9 Å². The average molecular weight is 429 g/mol. The molecule has 2 N–H and O–H groups in total. The van der Waals surface area contributed by atoms with E-state index in [0.717, 1.165) is 16.7 Å². The topological polar surface area (TPSA) is 111 Å². The van der Waals surface area contributed by atoms with Crippen molar-refractivity contribution >= 4 is 27.4 Å². The molecule has 158 valence electrons. The molecule has 0 aliphatic rings. The number of hydrogen-bond donors (Lipinski definition) is 2. The number of carbonyl (C=O) groups excluding carboxylic acids is 1. The molecule has 0 aliphatic carbocycles.